The summed E-state index contributed by atoms with van der Waals surface area (Å²) in [5.41, 5.74) is 1.50. The first-order valence-corrected chi connectivity index (χ1v) is 7.84. The zero-order valence-corrected chi connectivity index (χ0v) is 13.1. The number of anilines is 1. The molecule has 0 fully saturated rings. The summed E-state index contributed by atoms with van der Waals surface area (Å²) in [6.45, 7) is 0.926. The molecule has 0 saturated carbocycles. The minimum Gasteiger partial charge on any atom is -0.378 e. The van der Waals surface area contributed by atoms with Crippen molar-refractivity contribution >= 4 is 22.6 Å². The number of benzene rings is 2. The molecule has 1 unspecified atom stereocenters. The number of nitrogens with zero attached hydrogens (tertiary/aromatic N) is 1. The first-order valence-electron chi connectivity index (χ1n) is 7.84. The monoisotopic (exact) mass is 321 g/mol. The number of aliphatic hydroxyl groups excluding tert-OH is 1. The van der Waals surface area contributed by atoms with Crippen LogP contribution in [0.1, 0.15) is 11.7 Å². The van der Waals surface area contributed by atoms with Crippen LogP contribution in [0.3, 0.4) is 0 Å². The Kier molecular flexibility index (Phi) is 5.03. The quantitative estimate of drug-likeness (QED) is 0.610. The Morgan fingerprint density at radius 1 is 0.958 bits per heavy atom. The predicted octanol–water partition coefficient (Wildman–Crippen LogP) is 2.50. The molecule has 3 rings (SSSR count). The lowest BCUT2D eigenvalue weighted by Crippen LogP contribution is -2.33. The van der Waals surface area contributed by atoms with Crippen molar-refractivity contribution in [1.29, 1.82) is 0 Å². The molecule has 0 spiro atoms. The second kappa shape index (κ2) is 7.57. The van der Waals surface area contributed by atoms with E-state index in [4.69, 9.17) is 0 Å². The summed E-state index contributed by atoms with van der Waals surface area (Å²) in [6, 6.07) is 20.7. The predicted molar refractivity (Wildman–Crippen MR) is 94.6 cm³/mol. The van der Waals surface area contributed by atoms with Gasteiger partial charge in [0.2, 0.25) is 0 Å². The Hall–Kier alpha value is -2.92. The number of carbonyl (C=O) groups is 1. The first-order chi connectivity index (χ1) is 11.7. The Morgan fingerprint density at radius 3 is 2.54 bits per heavy atom. The summed E-state index contributed by atoms with van der Waals surface area (Å²) in [4.78, 5) is 16.4. The number of carbonyl (C=O) groups excluding carboxylic acids is 1. The summed E-state index contributed by atoms with van der Waals surface area (Å²) in [6.07, 6.45) is -1.15. The second-order valence-corrected chi connectivity index (χ2v) is 5.42. The maximum atomic E-state index is 11.9. The number of hydrogen-bond acceptors (Lipinski definition) is 4. The number of amides is 1. The molecule has 0 aliphatic heterocycles. The second-order valence-electron chi connectivity index (χ2n) is 5.42. The zero-order chi connectivity index (χ0) is 16.8. The van der Waals surface area contributed by atoms with E-state index in [0.29, 0.717) is 18.7 Å². The van der Waals surface area contributed by atoms with Gasteiger partial charge in [-0.3, -0.25) is 4.79 Å². The van der Waals surface area contributed by atoms with E-state index in [0.717, 1.165) is 16.7 Å². The third kappa shape index (κ3) is 3.88. The Morgan fingerprint density at radius 2 is 1.71 bits per heavy atom. The normalized spacial score (nSPS) is 11.9. The lowest BCUT2D eigenvalue weighted by atomic mass is 10.1. The average Bonchev–Trinajstić information content (AvgIpc) is 2.65. The summed E-state index contributed by atoms with van der Waals surface area (Å²) in [5, 5.41) is 16.9. The number of pyridine rings is 1. The van der Waals surface area contributed by atoms with Gasteiger partial charge in [0, 0.05) is 18.5 Å². The van der Waals surface area contributed by atoms with E-state index >= 15 is 0 Å². The molecule has 1 heterocycles. The van der Waals surface area contributed by atoms with E-state index in [-0.39, 0.29) is 0 Å². The number of para-hydroxylation sites is 1. The number of rotatable bonds is 6. The molecule has 0 aliphatic rings. The lowest BCUT2D eigenvalue weighted by molar-refractivity contribution is -0.129. The summed E-state index contributed by atoms with van der Waals surface area (Å²) in [7, 11) is 0. The van der Waals surface area contributed by atoms with Crippen LogP contribution in [0.5, 0.6) is 0 Å². The summed E-state index contributed by atoms with van der Waals surface area (Å²) < 4.78 is 0. The highest BCUT2D eigenvalue weighted by molar-refractivity contribution is 5.82. The van der Waals surface area contributed by atoms with Crippen molar-refractivity contribution in [1.82, 2.24) is 10.3 Å². The van der Waals surface area contributed by atoms with Crippen molar-refractivity contribution in [3.8, 4) is 0 Å². The molecule has 5 heteroatoms. The van der Waals surface area contributed by atoms with Crippen molar-refractivity contribution in [2.24, 2.45) is 0 Å². The van der Waals surface area contributed by atoms with Gasteiger partial charge in [-0.2, -0.15) is 0 Å². The third-order valence-electron chi connectivity index (χ3n) is 3.69. The van der Waals surface area contributed by atoms with Crippen molar-refractivity contribution in [2.45, 2.75) is 6.10 Å². The zero-order valence-electron chi connectivity index (χ0n) is 13.1. The van der Waals surface area contributed by atoms with Crippen LogP contribution >= 0.6 is 0 Å². The lowest BCUT2D eigenvalue weighted by Gasteiger charge is -2.12. The maximum Gasteiger partial charge on any atom is 0.253 e. The molecular formula is C19H19N3O2. The van der Waals surface area contributed by atoms with Crippen LogP contribution in [-0.4, -0.2) is 29.1 Å². The molecule has 2 aromatic carbocycles. The van der Waals surface area contributed by atoms with Gasteiger partial charge in [0.05, 0.1) is 5.52 Å². The van der Waals surface area contributed by atoms with Crippen LogP contribution in [0.25, 0.3) is 10.9 Å². The molecule has 1 aromatic heterocycles. The highest BCUT2D eigenvalue weighted by Gasteiger charge is 2.15. The van der Waals surface area contributed by atoms with Crippen LogP contribution in [0.15, 0.2) is 66.7 Å². The van der Waals surface area contributed by atoms with Crippen molar-refractivity contribution in [2.75, 3.05) is 18.4 Å². The van der Waals surface area contributed by atoms with E-state index in [2.05, 4.69) is 15.6 Å². The van der Waals surface area contributed by atoms with E-state index in [1.165, 1.54) is 0 Å². The molecule has 0 saturated heterocycles. The molecule has 3 N–H and O–H groups in total. The van der Waals surface area contributed by atoms with Gasteiger partial charge >= 0.3 is 0 Å². The van der Waals surface area contributed by atoms with E-state index < -0.39 is 12.0 Å². The third-order valence-corrected chi connectivity index (χ3v) is 3.69. The number of hydrogen-bond donors (Lipinski definition) is 3. The largest absolute Gasteiger partial charge is 0.378 e. The van der Waals surface area contributed by atoms with E-state index in [9.17, 15) is 9.90 Å². The fraction of sp³-hybridized carbons (Fsp3) is 0.158. The topological polar surface area (TPSA) is 74.2 Å². The minimum absolute atomic E-state index is 0.400. The molecule has 122 valence electrons. The first kappa shape index (κ1) is 16.0. The van der Waals surface area contributed by atoms with E-state index in [1.54, 1.807) is 24.3 Å². The van der Waals surface area contributed by atoms with Crippen LogP contribution in [0.4, 0.5) is 5.82 Å². The highest BCUT2D eigenvalue weighted by Crippen LogP contribution is 2.14. The summed E-state index contributed by atoms with van der Waals surface area (Å²) >= 11 is 0. The Balaban J connectivity index is 1.48. The molecule has 5 nitrogen and oxygen atoms in total. The molecule has 0 radical (unpaired) electrons. The summed E-state index contributed by atoms with van der Waals surface area (Å²) in [5.74, 6) is 0.348. The number of aliphatic hydroxyl groups is 1. The van der Waals surface area contributed by atoms with Crippen LogP contribution in [-0.2, 0) is 4.79 Å². The smallest absolute Gasteiger partial charge is 0.253 e. The van der Waals surface area contributed by atoms with Crippen LogP contribution in [0.2, 0.25) is 0 Å². The van der Waals surface area contributed by atoms with Gasteiger partial charge in [0.25, 0.3) is 5.91 Å². The van der Waals surface area contributed by atoms with E-state index in [1.807, 2.05) is 42.5 Å². The molecule has 3 aromatic rings. The highest BCUT2D eigenvalue weighted by atomic mass is 16.3. The van der Waals surface area contributed by atoms with Gasteiger partial charge in [-0.1, -0.05) is 48.5 Å². The van der Waals surface area contributed by atoms with Crippen LogP contribution < -0.4 is 10.6 Å². The Bertz CT molecular complexity index is 821. The van der Waals surface area contributed by atoms with Crippen molar-refractivity contribution < 1.29 is 9.90 Å². The standard InChI is InChI=1S/C19H19N3O2/c23-18(15-7-2-1-3-8-15)19(24)21-13-12-20-17-11-10-14-6-4-5-9-16(14)22-17/h1-11,18,23H,12-13H2,(H,20,22)(H,21,24). The van der Waals surface area contributed by atoms with Gasteiger partial charge in [0.1, 0.15) is 5.82 Å². The fourth-order valence-electron chi connectivity index (χ4n) is 2.42. The van der Waals surface area contributed by atoms with Crippen molar-refractivity contribution in [3.05, 3.63) is 72.3 Å². The SMILES string of the molecule is O=C(NCCNc1ccc2ccccc2n1)C(O)c1ccccc1. The number of fused-ring (bicyclic) bond motifs is 1. The maximum absolute atomic E-state index is 11.9. The van der Waals surface area contributed by atoms with Gasteiger partial charge in [-0.15, -0.1) is 0 Å². The number of aromatic nitrogens is 1. The molecule has 24 heavy (non-hydrogen) atoms. The molecule has 1 amide bonds. The van der Waals surface area contributed by atoms with Crippen LogP contribution in [0, 0.1) is 0 Å². The fourth-order valence-corrected chi connectivity index (χ4v) is 2.42. The van der Waals surface area contributed by atoms with Gasteiger partial charge in [-0.05, 0) is 23.8 Å². The Labute approximate surface area is 140 Å². The van der Waals surface area contributed by atoms with Gasteiger partial charge in [-0.25, -0.2) is 4.98 Å². The molecular weight excluding hydrogens is 302 g/mol. The van der Waals surface area contributed by atoms with Gasteiger partial charge < -0.3 is 15.7 Å². The number of nitrogens with one attached hydrogen (secondary N) is 2. The molecule has 1 atom stereocenters. The molecule has 0 aliphatic carbocycles. The van der Waals surface area contributed by atoms with Crippen molar-refractivity contribution in [3.63, 3.8) is 0 Å². The van der Waals surface area contributed by atoms with Gasteiger partial charge in [0.15, 0.2) is 6.10 Å². The molecule has 0 bridgehead atoms. The average molecular weight is 321 g/mol. The minimum atomic E-state index is -1.15.